The number of nitrogens with zero attached hydrogens (tertiary/aromatic N) is 6. The number of nitrogen functional groups attached to an aromatic ring is 2. The number of rotatable bonds is 12. The van der Waals surface area contributed by atoms with Crippen LogP contribution >= 0.6 is 46.0 Å². The number of amidine groups is 1. The number of carboxylic acid groups (broad SMARTS) is 2. The maximum Gasteiger partial charge on any atom is 0.350 e. The molecule has 260 valence electrons. The standard InChI is InChI=1S/C29H27ClN10O7S3/c1-29(2,27(45)46)47-37-18(17-21(30)50-28(33)36-17)23(41)35-19-24(42)40-20(26(43)44)13(10-49-25(19)40)7-38-5-3-12-4-6-39(15(12)8-38)9-16-34-14(11-48-16)22(31)32/h3-6,8,11,19,25H,7,9-10H2,1-2H3,(H7-,31,32,33,35,36,41,43,44,45,46)/b37-18-/t19-,25-/m1/s1. The molecule has 50 heavy (non-hydrogen) atoms. The molecule has 1 fully saturated rings. The summed E-state index contributed by atoms with van der Waals surface area (Å²) in [7, 11) is 0. The SMILES string of the molecule is CC(C)(O/N=C(\C(=O)N[C@@H]1C(=O)N2C(C(=O)[O-])=C(C[n+]3ccc4ccn(Cc5nc(C(=N)N)cs5)c4c3)CS[C@H]12)c1nc(N)sc1Cl)C(=O)O. The first-order valence-electron chi connectivity index (χ1n) is 14.5. The van der Waals surface area contributed by atoms with Gasteiger partial charge in [-0.3, -0.25) is 19.9 Å². The number of hydrogen-bond acceptors (Lipinski definition) is 14. The molecular weight excluding hydrogens is 732 g/mol. The smallest absolute Gasteiger partial charge is 0.350 e. The maximum atomic E-state index is 13.4. The molecule has 2 aliphatic rings. The van der Waals surface area contributed by atoms with Crippen LogP contribution in [0.3, 0.4) is 0 Å². The lowest BCUT2D eigenvalue weighted by molar-refractivity contribution is -0.687. The number of aliphatic carboxylic acids is 2. The van der Waals surface area contributed by atoms with Crippen molar-refractivity contribution in [2.75, 3.05) is 11.5 Å². The van der Waals surface area contributed by atoms with Gasteiger partial charge in [-0.05, 0) is 19.9 Å². The molecule has 2 aliphatic heterocycles. The predicted octanol–water partition coefficient (Wildman–Crippen LogP) is 0.0978. The van der Waals surface area contributed by atoms with Crippen LogP contribution < -0.4 is 26.5 Å². The summed E-state index contributed by atoms with van der Waals surface area (Å²) >= 11 is 9.68. The van der Waals surface area contributed by atoms with Crippen molar-refractivity contribution < 1.29 is 38.8 Å². The van der Waals surface area contributed by atoms with Crippen molar-refractivity contribution >= 4 is 97.4 Å². The van der Waals surface area contributed by atoms with Crippen LogP contribution in [-0.4, -0.2) is 82.6 Å². The maximum absolute atomic E-state index is 13.4. The van der Waals surface area contributed by atoms with Gasteiger partial charge in [0.25, 0.3) is 11.8 Å². The van der Waals surface area contributed by atoms with Gasteiger partial charge in [0.1, 0.15) is 43.5 Å². The Balaban J connectivity index is 1.22. The summed E-state index contributed by atoms with van der Waals surface area (Å²) in [6, 6.07) is 2.65. The largest absolute Gasteiger partial charge is 0.543 e. The number of halogens is 1. The number of anilines is 1. The Kier molecular flexibility index (Phi) is 9.29. The summed E-state index contributed by atoms with van der Waals surface area (Å²) in [5.74, 6) is -4.49. The van der Waals surface area contributed by atoms with Gasteiger partial charge in [-0.2, -0.15) is 4.57 Å². The third-order valence-corrected chi connectivity index (χ3v) is 11.0. The Morgan fingerprint density at radius 3 is 2.72 bits per heavy atom. The first-order chi connectivity index (χ1) is 23.6. The van der Waals surface area contributed by atoms with Gasteiger partial charge in [-0.1, -0.05) is 28.1 Å². The summed E-state index contributed by atoms with van der Waals surface area (Å²) in [6.45, 7) is 2.99. The highest BCUT2D eigenvalue weighted by Crippen LogP contribution is 2.40. The molecule has 2 amide bonds. The molecule has 0 radical (unpaired) electrons. The van der Waals surface area contributed by atoms with E-state index < -0.39 is 46.5 Å². The van der Waals surface area contributed by atoms with E-state index >= 15 is 0 Å². The quantitative estimate of drug-likeness (QED) is 0.0424. The molecule has 1 saturated heterocycles. The lowest BCUT2D eigenvalue weighted by atomic mass is 10.0. The van der Waals surface area contributed by atoms with Crippen LogP contribution in [-0.2, 0) is 37.1 Å². The number of nitrogens with two attached hydrogens (primary N) is 2. The van der Waals surface area contributed by atoms with Gasteiger partial charge in [0.2, 0.25) is 5.60 Å². The second-order valence-corrected chi connectivity index (χ2v) is 15.2. The van der Waals surface area contributed by atoms with E-state index in [0.29, 0.717) is 17.8 Å². The van der Waals surface area contributed by atoms with Gasteiger partial charge in [-0.15, -0.1) is 23.1 Å². The van der Waals surface area contributed by atoms with Gasteiger partial charge in [0, 0.05) is 34.4 Å². The topological polar surface area (TPSA) is 259 Å². The lowest BCUT2D eigenvalue weighted by Crippen LogP contribution is -2.71. The molecule has 0 saturated carbocycles. The van der Waals surface area contributed by atoms with E-state index in [0.717, 1.165) is 32.1 Å². The Morgan fingerprint density at radius 2 is 2.08 bits per heavy atom. The fourth-order valence-corrected chi connectivity index (χ4v) is 8.19. The zero-order valence-electron chi connectivity index (χ0n) is 26.1. The number of thioether (sulfide) groups is 1. The minimum Gasteiger partial charge on any atom is -0.543 e. The zero-order valence-corrected chi connectivity index (χ0v) is 29.3. The third-order valence-electron chi connectivity index (χ3n) is 7.73. The summed E-state index contributed by atoms with van der Waals surface area (Å²) in [5, 5.41) is 38.3. The first-order valence-corrected chi connectivity index (χ1v) is 17.6. The highest BCUT2D eigenvalue weighted by Gasteiger charge is 2.53. The number of thiazole rings is 2. The third kappa shape index (κ3) is 6.61. The van der Waals surface area contributed by atoms with Crippen molar-refractivity contribution in [3.05, 3.63) is 68.1 Å². The van der Waals surface area contributed by atoms with Crippen LogP contribution in [0.15, 0.2) is 52.5 Å². The first kappa shape index (κ1) is 34.8. The monoisotopic (exact) mass is 758 g/mol. The predicted molar refractivity (Wildman–Crippen MR) is 182 cm³/mol. The number of carboxylic acids is 2. The number of amides is 2. The van der Waals surface area contributed by atoms with Crippen LogP contribution in [0.2, 0.25) is 4.34 Å². The number of carbonyl (C=O) groups excluding carboxylic acids is 3. The van der Waals surface area contributed by atoms with Gasteiger partial charge >= 0.3 is 5.97 Å². The van der Waals surface area contributed by atoms with Crippen molar-refractivity contribution in [2.24, 2.45) is 10.9 Å². The normalized spacial score (nSPS) is 17.8. The zero-order chi connectivity index (χ0) is 36.1. The molecule has 6 heterocycles. The number of aromatic nitrogens is 4. The molecule has 0 spiro atoms. The Bertz CT molecular complexity index is 2160. The minimum atomic E-state index is -1.83. The van der Waals surface area contributed by atoms with E-state index in [1.807, 2.05) is 29.1 Å². The average molecular weight is 759 g/mol. The van der Waals surface area contributed by atoms with Crippen LogP contribution in [0, 0.1) is 5.41 Å². The summed E-state index contributed by atoms with van der Waals surface area (Å²) < 4.78 is 3.75. The van der Waals surface area contributed by atoms with E-state index in [9.17, 15) is 29.4 Å². The van der Waals surface area contributed by atoms with Crippen molar-refractivity contribution in [2.45, 2.75) is 44.0 Å². The van der Waals surface area contributed by atoms with Gasteiger partial charge in [-0.25, -0.2) is 14.8 Å². The molecule has 7 N–H and O–H groups in total. The highest BCUT2D eigenvalue weighted by atomic mass is 35.5. The van der Waals surface area contributed by atoms with Gasteiger partial charge in [0.15, 0.2) is 29.8 Å². The summed E-state index contributed by atoms with van der Waals surface area (Å²) in [4.78, 5) is 65.4. The molecule has 4 aromatic heterocycles. The van der Waals surface area contributed by atoms with Gasteiger partial charge < -0.3 is 41.2 Å². The number of hydrogen-bond donors (Lipinski definition) is 5. The van der Waals surface area contributed by atoms with E-state index in [2.05, 4.69) is 20.4 Å². The number of carbonyl (C=O) groups is 4. The molecule has 4 aromatic rings. The van der Waals surface area contributed by atoms with Crippen LogP contribution in [0.1, 0.15) is 30.2 Å². The molecule has 0 unspecified atom stereocenters. The molecule has 0 bridgehead atoms. The lowest BCUT2D eigenvalue weighted by Gasteiger charge is -2.50. The van der Waals surface area contributed by atoms with Crippen molar-refractivity contribution in [3.8, 4) is 0 Å². The van der Waals surface area contributed by atoms with Crippen molar-refractivity contribution in [1.82, 2.24) is 24.8 Å². The average Bonchev–Trinajstić information content (AvgIpc) is 3.78. The molecule has 17 nitrogen and oxygen atoms in total. The molecule has 0 aliphatic carbocycles. The van der Waals surface area contributed by atoms with E-state index in [1.165, 1.54) is 36.9 Å². The van der Waals surface area contributed by atoms with Crippen LogP contribution in [0.25, 0.3) is 10.9 Å². The number of nitrogens with one attached hydrogen (secondary N) is 2. The van der Waals surface area contributed by atoms with E-state index in [1.54, 1.807) is 16.1 Å². The Hall–Kier alpha value is -5.05. The van der Waals surface area contributed by atoms with Crippen LogP contribution in [0.4, 0.5) is 5.13 Å². The number of β-lactam (4-membered cyclic amide) rings is 1. The van der Waals surface area contributed by atoms with Crippen LogP contribution in [0.5, 0.6) is 0 Å². The molecule has 21 heteroatoms. The van der Waals surface area contributed by atoms with Gasteiger partial charge in [0.05, 0.1) is 18.2 Å². The second-order valence-electron chi connectivity index (χ2n) is 11.6. The number of fused-ring (bicyclic) bond motifs is 2. The Morgan fingerprint density at radius 1 is 1.32 bits per heavy atom. The molecular formula is C29H27ClN10O7S3. The fraction of sp³-hybridized carbons (Fsp3) is 0.276. The molecule has 6 rings (SSSR count). The van der Waals surface area contributed by atoms with Crippen molar-refractivity contribution in [3.63, 3.8) is 0 Å². The minimum absolute atomic E-state index is 0.000906. The molecule has 0 aromatic carbocycles. The number of oxime groups is 1. The van der Waals surface area contributed by atoms with Crippen molar-refractivity contribution in [1.29, 1.82) is 5.41 Å². The second kappa shape index (κ2) is 13.3. The van der Waals surface area contributed by atoms with E-state index in [-0.39, 0.29) is 39.0 Å². The number of pyridine rings is 1. The summed E-state index contributed by atoms with van der Waals surface area (Å²) in [6.07, 6.45) is 5.56. The Labute approximate surface area is 299 Å². The van der Waals surface area contributed by atoms with E-state index in [4.69, 9.17) is 33.3 Å². The fourth-order valence-electron chi connectivity index (χ4n) is 5.13. The molecule has 2 atom stereocenters. The summed E-state index contributed by atoms with van der Waals surface area (Å²) in [5.41, 5.74) is 10.1. The highest BCUT2D eigenvalue weighted by molar-refractivity contribution is 8.00.